The van der Waals surface area contributed by atoms with E-state index in [0.29, 0.717) is 6.42 Å². The third-order valence-electron chi connectivity index (χ3n) is 2.19. The van der Waals surface area contributed by atoms with Crippen molar-refractivity contribution in [1.29, 1.82) is 0 Å². The fourth-order valence-corrected chi connectivity index (χ4v) is 2.08. The van der Waals surface area contributed by atoms with Crippen molar-refractivity contribution in [3.63, 3.8) is 0 Å². The average molecular weight is 255 g/mol. The molecule has 1 atom stereocenters. The first-order chi connectivity index (χ1) is 7.95. The molecule has 0 saturated heterocycles. The lowest BCUT2D eigenvalue weighted by Gasteiger charge is -2.11. The Bertz CT molecular complexity index is 465. The molecule has 0 radical (unpaired) electrons. The second-order valence-corrected chi connectivity index (χ2v) is 5.50. The van der Waals surface area contributed by atoms with Gasteiger partial charge in [0.15, 0.2) is 0 Å². The second-order valence-electron chi connectivity index (χ2n) is 3.85. The summed E-state index contributed by atoms with van der Waals surface area (Å²) in [4.78, 5) is 7.32. The quantitative estimate of drug-likeness (QED) is 0.626. The van der Waals surface area contributed by atoms with Gasteiger partial charge in [-0.05, 0) is 32.4 Å². The van der Waals surface area contributed by atoms with Gasteiger partial charge in [0, 0.05) is 0 Å². The fraction of sp³-hybridized carbons (Fsp3) is 0.333. The number of benzene rings is 1. The van der Waals surface area contributed by atoms with Crippen molar-refractivity contribution in [1.82, 2.24) is 4.89 Å². The minimum Gasteiger partial charge on any atom is -0.283 e. The summed E-state index contributed by atoms with van der Waals surface area (Å²) in [5, 5.41) is 0. The largest absolute Gasteiger partial charge is 0.283 e. The molecule has 0 fully saturated rings. The summed E-state index contributed by atoms with van der Waals surface area (Å²) in [7, 11) is -3.60. The van der Waals surface area contributed by atoms with Crippen molar-refractivity contribution in [2.75, 3.05) is 0 Å². The third-order valence-corrected chi connectivity index (χ3v) is 3.40. The maximum Gasteiger partial charge on any atom is 0.262 e. The van der Waals surface area contributed by atoms with Gasteiger partial charge in [0.2, 0.25) is 0 Å². The molecule has 0 spiro atoms. The zero-order chi connectivity index (χ0) is 12.9. The van der Waals surface area contributed by atoms with Gasteiger partial charge in [-0.15, -0.1) is 6.58 Å². The molecular formula is C12H17NO3S. The highest BCUT2D eigenvalue weighted by atomic mass is 32.2. The zero-order valence-electron chi connectivity index (χ0n) is 10.0. The predicted molar refractivity (Wildman–Crippen MR) is 66.9 cm³/mol. The Labute approximate surface area is 102 Å². The molecule has 0 heterocycles. The number of rotatable bonds is 6. The Morgan fingerprint density at radius 2 is 2.00 bits per heavy atom. The maximum atomic E-state index is 11.8. The van der Waals surface area contributed by atoms with Crippen LogP contribution in [0.25, 0.3) is 0 Å². The Kier molecular flexibility index (Phi) is 4.86. The number of hydrogen-bond acceptors (Lipinski definition) is 3. The van der Waals surface area contributed by atoms with Crippen LogP contribution in [0.5, 0.6) is 0 Å². The third kappa shape index (κ3) is 4.30. The van der Waals surface area contributed by atoms with E-state index < -0.39 is 10.0 Å². The van der Waals surface area contributed by atoms with Gasteiger partial charge < -0.3 is 0 Å². The molecular weight excluding hydrogens is 238 g/mol. The van der Waals surface area contributed by atoms with Crippen molar-refractivity contribution in [2.45, 2.75) is 31.3 Å². The molecule has 1 N–H and O–H groups in total. The molecule has 0 unspecified atom stereocenters. The van der Waals surface area contributed by atoms with Crippen molar-refractivity contribution in [2.24, 2.45) is 0 Å². The molecule has 0 aliphatic carbocycles. The van der Waals surface area contributed by atoms with Crippen LogP contribution in [0.1, 0.15) is 18.9 Å². The van der Waals surface area contributed by atoms with E-state index in [1.165, 1.54) is 0 Å². The lowest BCUT2D eigenvalue weighted by atomic mass is 10.2. The second kappa shape index (κ2) is 5.95. The van der Waals surface area contributed by atoms with Gasteiger partial charge in [0.1, 0.15) is 0 Å². The van der Waals surface area contributed by atoms with Crippen LogP contribution in [0.4, 0.5) is 0 Å². The number of hydrogen-bond donors (Lipinski definition) is 1. The minimum atomic E-state index is -3.60. The first kappa shape index (κ1) is 13.9. The zero-order valence-corrected chi connectivity index (χ0v) is 10.8. The highest BCUT2D eigenvalue weighted by molar-refractivity contribution is 7.89. The standard InChI is InChI=1S/C12H17NO3S/c1-4-5-11(3)16-13-17(14,15)12-8-6-10(2)7-9-12/h4,6-9,11,13H,1,5H2,2-3H3/t11-/m1/s1. The summed E-state index contributed by atoms with van der Waals surface area (Å²) in [5.74, 6) is 0. The molecule has 1 aromatic carbocycles. The minimum absolute atomic E-state index is 0.189. The summed E-state index contributed by atoms with van der Waals surface area (Å²) in [6.07, 6.45) is 2.01. The van der Waals surface area contributed by atoms with Gasteiger partial charge in [0.25, 0.3) is 10.0 Å². The van der Waals surface area contributed by atoms with Crippen molar-refractivity contribution >= 4 is 10.0 Å². The number of aryl methyl sites for hydroxylation is 1. The van der Waals surface area contributed by atoms with E-state index in [0.717, 1.165) is 5.56 Å². The maximum absolute atomic E-state index is 11.8. The van der Waals surface area contributed by atoms with E-state index in [1.807, 2.05) is 6.92 Å². The SMILES string of the molecule is C=CC[C@@H](C)ONS(=O)(=O)c1ccc(C)cc1. The van der Waals surface area contributed by atoms with E-state index in [1.54, 1.807) is 37.3 Å². The summed E-state index contributed by atoms with van der Waals surface area (Å²) < 4.78 is 23.6. The van der Waals surface area contributed by atoms with Crippen molar-refractivity contribution in [3.8, 4) is 0 Å². The highest BCUT2D eigenvalue weighted by Gasteiger charge is 2.14. The molecule has 4 nitrogen and oxygen atoms in total. The summed E-state index contributed by atoms with van der Waals surface area (Å²) in [6, 6.07) is 6.56. The van der Waals surface area contributed by atoms with Crippen LogP contribution in [0.15, 0.2) is 41.8 Å². The predicted octanol–water partition coefficient (Wildman–Crippen LogP) is 2.17. The Balaban J connectivity index is 2.69. The Morgan fingerprint density at radius 3 is 2.53 bits per heavy atom. The van der Waals surface area contributed by atoms with Crippen LogP contribution in [0.2, 0.25) is 0 Å². The lowest BCUT2D eigenvalue weighted by molar-refractivity contribution is 0.0313. The topological polar surface area (TPSA) is 55.4 Å². The fourth-order valence-electron chi connectivity index (χ4n) is 1.19. The van der Waals surface area contributed by atoms with Gasteiger partial charge in [-0.2, -0.15) is 0 Å². The smallest absolute Gasteiger partial charge is 0.262 e. The summed E-state index contributed by atoms with van der Waals surface area (Å²) in [5.41, 5.74) is 1.00. The molecule has 0 aliphatic rings. The molecule has 1 aromatic rings. The normalized spacial score (nSPS) is 13.3. The van der Waals surface area contributed by atoms with Gasteiger partial charge in [-0.1, -0.05) is 28.7 Å². The molecule has 0 aliphatic heterocycles. The van der Waals surface area contributed by atoms with Crippen LogP contribution < -0.4 is 4.89 Å². The monoisotopic (exact) mass is 255 g/mol. The van der Waals surface area contributed by atoms with Crippen LogP contribution in [-0.4, -0.2) is 14.5 Å². The van der Waals surface area contributed by atoms with Crippen LogP contribution in [0.3, 0.4) is 0 Å². The van der Waals surface area contributed by atoms with E-state index in [9.17, 15) is 8.42 Å². The lowest BCUT2D eigenvalue weighted by Crippen LogP contribution is -2.28. The van der Waals surface area contributed by atoms with Gasteiger partial charge in [-0.25, -0.2) is 8.42 Å². The van der Waals surface area contributed by atoms with Crippen molar-refractivity contribution < 1.29 is 13.3 Å². The molecule has 0 aromatic heterocycles. The van der Waals surface area contributed by atoms with Crippen LogP contribution >= 0.6 is 0 Å². The summed E-state index contributed by atoms with van der Waals surface area (Å²) >= 11 is 0. The van der Waals surface area contributed by atoms with Gasteiger partial charge >= 0.3 is 0 Å². The molecule has 0 amide bonds. The highest BCUT2D eigenvalue weighted by Crippen LogP contribution is 2.10. The van der Waals surface area contributed by atoms with E-state index in [2.05, 4.69) is 11.5 Å². The molecule has 94 valence electrons. The Morgan fingerprint density at radius 1 is 1.41 bits per heavy atom. The molecule has 17 heavy (non-hydrogen) atoms. The first-order valence-electron chi connectivity index (χ1n) is 5.30. The van der Waals surface area contributed by atoms with E-state index in [-0.39, 0.29) is 11.0 Å². The van der Waals surface area contributed by atoms with Crippen LogP contribution in [-0.2, 0) is 14.9 Å². The Hall–Kier alpha value is -1.17. The first-order valence-corrected chi connectivity index (χ1v) is 6.79. The number of sulfonamides is 1. The van der Waals surface area contributed by atoms with Gasteiger partial charge in [-0.3, -0.25) is 4.84 Å². The van der Waals surface area contributed by atoms with E-state index in [4.69, 9.17) is 4.84 Å². The van der Waals surface area contributed by atoms with Gasteiger partial charge in [0.05, 0.1) is 11.0 Å². The molecule has 5 heteroatoms. The van der Waals surface area contributed by atoms with Crippen molar-refractivity contribution in [3.05, 3.63) is 42.5 Å². The average Bonchev–Trinajstić information content (AvgIpc) is 2.28. The molecule has 0 bridgehead atoms. The van der Waals surface area contributed by atoms with Crippen LogP contribution in [0, 0.1) is 6.92 Å². The molecule has 1 rings (SSSR count). The van der Waals surface area contributed by atoms with E-state index >= 15 is 0 Å². The molecule has 0 saturated carbocycles. The summed E-state index contributed by atoms with van der Waals surface area (Å²) in [6.45, 7) is 7.21. The number of nitrogens with one attached hydrogen (secondary N) is 1.